The zero-order valence-corrected chi connectivity index (χ0v) is 13.9. The van der Waals surface area contributed by atoms with Crippen molar-refractivity contribution in [3.05, 3.63) is 88.8 Å². The zero-order valence-electron chi connectivity index (χ0n) is 13.2. The van der Waals surface area contributed by atoms with Gasteiger partial charge in [-0.15, -0.1) is 0 Å². The average Bonchev–Trinajstić information content (AvgIpc) is 3.16. The summed E-state index contributed by atoms with van der Waals surface area (Å²) in [5.41, 5.74) is 1.91. The Hall–Kier alpha value is -3.05. The second-order valence-corrected chi connectivity index (χ2v) is 5.69. The average molecular weight is 355 g/mol. The van der Waals surface area contributed by atoms with Crippen LogP contribution in [0.2, 0.25) is 5.02 Å². The molecule has 1 heterocycles. The fraction of sp³-hybridized carbons (Fsp3) is 0.0526. The number of halogens is 1. The number of carbonyl (C=O) groups excluding carboxylic acids is 2. The van der Waals surface area contributed by atoms with Gasteiger partial charge in [-0.25, -0.2) is 0 Å². The van der Waals surface area contributed by atoms with E-state index in [9.17, 15) is 9.59 Å². The van der Waals surface area contributed by atoms with E-state index in [0.717, 1.165) is 5.56 Å². The molecule has 0 bridgehead atoms. The number of hydrogen-bond acceptors (Lipinski definition) is 3. The molecule has 6 heteroatoms. The van der Waals surface area contributed by atoms with Gasteiger partial charge in [0.1, 0.15) is 0 Å². The molecule has 3 rings (SSSR count). The summed E-state index contributed by atoms with van der Waals surface area (Å²) >= 11 is 6.07. The first-order valence-corrected chi connectivity index (χ1v) is 7.98. The summed E-state index contributed by atoms with van der Waals surface area (Å²) < 4.78 is 5.03. The lowest BCUT2D eigenvalue weighted by Gasteiger charge is -2.08. The van der Waals surface area contributed by atoms with Crippen LogP contribution in [0.5, 0.6) is 0 Å². The number of benzene rings is 2. The van der Waals surface area contributed by atoms with E-state index in [1.165, 1.54) is 6.26 Å². The molecule has 0 unspecified atom stereocenters. The summed E-state index contributed by atoms with van der Waals surface area (Å²) in [6, 6.07) is 17.1. The Labute approximate surface area is 149 Å². The molecule has 3 aromatic rings. The quantitative estimate of drug-likeness (QED) is 0.724. The van der Waals surface area contributed by atoms with Crippen molar-refractivity contribution < 1.29 is 14.0 Å². The molecule has 0 aliphatic heterocycles. The second kappa shape index (κ2) is 7.68. The lowest BCUT2D eigenvalue weighted by atomic mass is 10.1. The Bertz CT molecular complexity index is 874. The summed E-state index contributed by atoms with van der Waals surface area (Å²) in [5.74, 6) is -0.341. The van der Waals surface area contributed by atoms with E-state index >= 15 is 0 Å². The van der Waals surface area contributed by atoms with Gasteiger partial charge in [0.05, 0.1) is 6.26 Å². The van der Waals surface area contributed by atoms with E-state index in [0.29, 0.717) is 22.8 Å². The lowest BCUT2D eigenvalue weighted by Crippen LogP contribution is -2.23. The summed E-state index contributed by atoms with van der Waals surface area (Å²) in [5, 5.41) is 6.12. The van der Waals surface area contributed by atoms with Crippen molar-refractivity contribution in [3.63, 3.8) is 0 Å². The van der Waals surface area contributed by atoms with Crippen molar-refractivity contribution in [1.82, 2.24) is 5.32 Å². The molecular formula is C19H15ClN2O3. The SMILES string of the molecule is O=C(NCc1ccccc1Cl)c1ccc(NC(=O)c2ccco2)cc1. The van der Waals surface area contributed by atoms with Crippen LogP contribution >= 0.6 is 11.6 Å². The van der Waals surface area contributed by atoms with Crippen LogP contribution in [0.15, 0.2) is 71.3 Å². The van der Waals surface area contributed by atoms with Gasteiger partial charge in [-0.3, -0.25) is 9.59 Å². The highest BCUT2D eigenvalue weighted by molar-refractivity contribution is 6.31. The summed E-state index contributed by atoms with van der Waals surface area (Å²) in [6.45, 7) is 0.343. The number of anilines is 1. The molecule has 0 spiro atoms. The molecule has 25 heavy (non-hydrogen) atoms. The van der Waals surface area contributed by atoms with Gasteiger partial charge in [-0.1, -0.05) is 29.8 Å². The Morgan fingerprint density at radius 3 is 2.36 bits per heavy atom. The van der Waals surface area contributed by atoms with E-state index in [1.54, 1.807) is 42.5 Å². The molecule has 0 saturated heterocycles. The Kier molecular flexibility index (Phi) is 5.16. The van der Waals surface area contributed by atoms with Gasteiger partial charge in [0.25, 0.3) is 11.8 Å². The Morgan fingerprint density at radius 2 is 1.68 bits per heavy atom. The first-order chi connectivity index (χ1) is 12.1. The van der Waals surface area contributed by atoms with Crippen molar-refractivity contribution in [2.45, 2.75) is 6.54 Å². The van der Waals surface area contributed by atoms with Crippen LogP contribution in [0.3, 0.4) is 0 Å². The maximum atomic E-state index is 12.2. The molecule has 0 fully saturated rings. The summed E-state index contributed by atoms with van der Waals surface area (Å²) in [6.07, 6.45) is 1.43. The zero-order chi connectivity index (χ0) is 17.6. The van der Waals surface area contributed by atoms with Crippen molar-refractivity contribution in [1.29, 1.82) is 0 Å². The van der Waals surface area contributed by atoms with E-state index in [1.807, 2.05) is 18.2 Å². The first-order valence-electron chi connectivity index (χ1n) is 7.60. The first kappa shape index (κ1) is 16.8. The minimum atomic E-state index is -0.346. The molecular weight excluding hydrogens is 340 g/mol. The third-order valence-electron chi connectivity index (χ3n) is 3.55. The van der Waals surface area contributed by atoms with Crippen LogP contribution in [-0.4, -0.2) is 11.8 Å². The minimum absolute atomic E-state index is 0.219. The molecule has 1 aromatic heterocycles. The largest absolute Gasteiger partial charge is 0.459 e. The molecule has 5 nitrogen and oxygen atoms in total. The standard InChI is InChI=1S/C19H15ClN2O3/c20-16-5-2-1-4-14(16)12-21-18(23)13-7-9-15(10-8-13)22-19(24)17-6-3-11-25-17/h1-11H,12H2,(H,21,23)(H,22,24). The van der Waals surface area contributed by atoms with E-state index in [-0.39, 0.29) is 17.6 Å². The van der Waals surface area contributed by atoms with E-state index in [4.69, 9.17) is 16.0 Å². The smallest absolute Gasteiger partial charge is 0.291 e. The molecule has 2 aromatic carbocycles. The van der Waals surface area contributed by atoms with Gasteiger partial charge in [0.15, 0.2) is 5.76 Å². The maximum Gasteiger partial charge on any atom is 0.291 e. The summed E-state index contributed by atoms with van der Waals surface area (Å²) in [4.78, 5) is 24.1. The van der Waals surface area contributed by atoms with Crippen LogP contribution in [0.1, 0.15) is 26.5 Å². The van der Waals surface area contributed by atoms with Crippen LogP contribution < -0.4 is 10.6 Å². The monoisotopic (exact) mass is 354 g/mol. The number of nitrogens with one attached hydrogen (secondary N) is 2. The molecule has 2 N–H and O–H groups in total. The van der Waals surface area contributed by atoms with Crippen LogP contribution in [0, 0.1) is 0 Å². The third-order valence-corrected chi connectivity index (χ3v) is 3.92. The second-order valence-electron chi connectivity index (χ2n) is 5.28. The van der Waals surface area contributed by atoms with Crippen molar-refractivity contribution >= 4 is 29.1 Å². The number of furan rings is 1. The van der Waals surface area contributed by atoms with Crippen LogP contribution in [0.4, 0.5) is 5.69 Å². The van der Waals surface area contributed by atoms with Crippen molar-refractivity contribution in [3.8, 4) is 0 Å². The van der Waals surface area contributed by atoms with Crippen LogP contribution in [0.25, 0.3) is 0 Å². The third kappa shape index (κ3) is 4.28. The predicted molar refractivity (Wildman–Crippen MR) is 95.7 cm³/mol. The summed E-state index contributed by atoms with van der Waals surface area (Å²) in [7, 11) is 0. The van der Waals surface area contributed by atoms with Gasteiger partial charge in [-0.05, 0) is 48.0 Å². The van der Waals surface area contributed by atoms with Crippen molar-refractivity contribution in [2.24, 2.45) is 0 Å². The van der Waals surface area contributed by atoms with Crippen molar-refractivity contribution in [2.75, 3.05) is 5.32 Å². The molecule has 126 valence electrons. The molecule has 0 atom stereocenters. The Balaban J connectivity index is 1.59. The number of hydrogen-bond donors (Lipinski definition) is 2. The topological polar surface area (TPSA) is 71.3 Å². The van der Waals surface area contributed by atoms with Gasteiger partial charge in [-0.2, -0.15) is 0 Å². The van der Waals surface area contributed by atoms with Crippen LogP contribution in [-0.2, 0) is 6.54 Å². The highest BCUT2D eigenvalue weighted by Crippen LogP contribution is 2.15. The van der Waals surface area contributed by atoms with E-state index < -0.39 is 0 Å². The number of amides is 2. The molecule has 0 saturated carbocycles. The fourth-order valence-electron chi connectivity index (χ4n) is 2.22. The van der Waals surface area contributed by atoms with Gasteiger partial charge >= 0.3 is 0 Å². The maximum absolute atomic E-state index is 12.2. The van der Waals surface area contributed by atoms with Gasteiger partial charge < -0.3 is 15.1 Å². The lowest BCUT2D eigenvalue weighted by molar-refractivity contribution is 0.0950. The predicted octanol–water partition coefficient (Wildman–Crippen LogP) is 4.12. The Morgan fingerprint density at radius 1 is 0.920 bits per heavy atom. The number of carbonyl (C=O) groups is 2. The molecule has 0 aliphatic rings. The molecule has 0 radical (unpaired) electrons. The molecule has 0 aliphatic carbocycles. The molecule has 2 amide bonds. The highest BCUT2D eigenvalue weighted by atomic mass is 35.5. The van der Waals surface area contributed by atoms with Gasteiger partial charge in [0.2, 0.25) is 0 Å². The number of rotatable bonds is 5. The normalized spacial score (nSPS) is 10.3. The fourth-order valence-corrected chi connectivity index (χ4v) is 2.43. The van der Waals surface area contributed by atoms with Gasteiger partial charge in [0, 0.05) is 22.8 Å². The highest BCUT2D eigenvalue weighted by Gasteiger charge is 2.10. The van der Waals surface area contributed by atoms with E-state index in [2.05, 4.69) is 10.6 Å². The minimum Gasteiger partial charge on any atom is -0.459 e.